The predicted molar refractivity (Wildman–Crippen MR) is 86.2 cm³/mol. The summed E-state index contributed by atoms with van der Waals surface area (Å²) in [4.78, 5) is 26.2. The number of carbonyl (C=O) groups excluding carboxylic acids is 2. The molecule has 1 heterocycles. The van der Waals surface area contributed by atoms with Crippen molar-refractivity contribution in [1.82, 2.24) is 15.5 Å². The fraction of sp³-hybridized carbons (Fsp3) is 0.875. The van der Waals surface area contributed by atoms with Crippen LogP contribution >= 0.6 is 0 Å². The van der Waals surface area contributed by atoms with Crippen LogP contribution in [0.3, 0.4) is 0 Å². The predicted octanol–water partition coefficient (Wildman–Crippen LogP) is 0.219. The normalized spacial score (nSPS) is 24.6. The van der Waals surface area contributed by atoms with E-state index in [4.69, 9.17) is 5.73 Å². The Labute approximate surface area is 133 Å². The smallest absolute Gasteiger partial charge is 0.239 e. The van der Waals surface area contributed by atoms with E-state index < -0.39 is 6.04 Å². The number of rotatable bonds is 6. The Hall–Kier alpha value is -1.14. The average Bonchev–Trinajstić information content (AvgIpc) is 3.14. The van der Waals surface area contributed by atoms with Crippen LogP contribution in [0.25, 0.3) is 0 Å². The molecule has 1 saturated heterocycles. The van der Waals surface area contributed by atoms with E-state index in [1.165, 1.54) is 25.7 Å². The molecule has 0 aromatic carbocycles. The summed E-state index contributed by atoms with van der Waals surface area (Å²) in [7, 11) is 0. The van der Waals surface area contributed by atoms with E-state index in [0.29, 0.717) is 6.04 Å². The Morgan fingerprint density at radius 1 is 1.23 bits per heavy atom. The highest BCUT2D eigenvalue weighted by Crippen LogP contribution is 2.26. The zero-order chi connectivity index (χ0) is 16.1. The number of nitrogens with one attached hydrogen (secondary N) is 2. The van der Waals surface area contributed by atoms with Crippen molar-refractivity contribution in [3.8, 4) is 0 Å². The average molecular weight is 310 g/mol. The number of nitrogens with two attached hydrogens (primary N) is 1. The van der Waals surface area contributed by atoms with Crippen LogP contribution in [-0.4, -0.2) is 54.5 Å². The topological polar surface area (TPSA) is 87.5 Å². The van der Waals surface area contributed by atoms with Gasteiger partial charge in [0.15, 0.2) is 0 Å². The van der Waals surface area contributed by atoms with Crippen LogP contribution in [0.4, 0.5) is 0 Å². The molecule has 0 aromatic heterocycles. The van der Waals surface area contributed by atoms with Crippen molar-refractivity contribution in [3.05, 3.63) is 0 Å². The highest BCUT2D eigenvalue weighted by Gasteiger charge is 2.30. The van der Waals surface area contributed by atoms with Crippen molar-refractivity contribution >= 4 is 11.8 Å². The van der Waals surface area contributed by atoms with Crippen LogP contribution in [-0.2, 0) is 9.59 Å². The molecule has 1 saturated carbocycles. The summed E-state index contributed by atoms with van der Waals surface area (Å²) in [6.45, 7) is 5.80. The lowest BCUT2D eigenvalue weighted by Crippen LogP contribution is -2.48. The van der Waals surface area contributed by atoms with E-state index in [9.17, 15) is 9.59 Å². The maximum Gasteiger partial charge on any atom is 0.239 e. The van der Waals surface area contributed by atoms with Crippen molar-refractivity contribution in [2.75, 3.05) is 19.6 Å². The van der Waals surface area contributed by atoms with Gasteiger partial charge in [0.2, 0.25) is 11.8 Å². The summed E-state index contributed by atoms with van der Waals surface area (Å²) in [5.41, 5.74) is 5.75. The van der Waals surface area contributed by atoms with Crippen LogP contribution in [0.1, 0.15) is 46.0 Å². The van der Waals surface area contributed by atoms with Gasteiger partial charge in [-0.1, -0.05) is 26.7 Å². The third-order valence-corrected chi connectivity index (χ3v) is 4.87. The van der Waals surface area contributed by atoms with Gasteiger partial charge >= 0.3 is 0 Å². The minimum atomic E-state index is -0.558. The molecular weight excluding hydrogens is 280 g/mol. The van der Waals surface area contributed by atoms with Gasteiger partial charge in [0.05, 0.1) is 12.6 Å². The second-order valence-electron chi connectivity index (χ2n) is 6.97. The number of hydrogen-bond acceptors (Lipinski definition) is 4. The number of likely N-dealkylation sites (tertiary alicyclic amines) is 1. The van der Waals surface area contributed by atoms with E-state index >= 15 is 0 Å². The van der Waals surface area contributed by atoms with Crippen LogP contribution in [0, 0.1) is 5.92 Å². The molecule has 2 aliphatic rings. The largest absolute Gasteiger partial charge is 0.350 e. The number of amides is 2. The van der Waals surface area contributed by atoms with Gasteiger partial charge in [-0.2, -0.15) is 0 Å². The van der Waals surface area contributed by atoms with Crippen LogP contribution in [0.15, 0.2) is 0 Å². The summed E-state index contributed by atoms with van der Waals surface area (Å²) in [6, 6.07) is 0.367. The summed E-state index contributed by atoms with van der Waals surface area (Å²) < 4.78 is 0. The Kier molecular flexibility index (Phi) is 6.20. The highest BCUT2D eigenvalue weighted by atomic mass is 16.2. The monoisotopic (exact) mass is 310 g/mol. The molecule has 1 unspecified atom stereocenters. The zero-order valence-corrected chi connectivity index (χ0v) is 13.8. The molecule has 2 rings (SSSR count). The fourth-order valence-corrected chi connectivity index (χ4v) is 3.37. The molecule has 1 aliphatic heterocycles. The first-order chi connectivity index (χ1) is 10.5. The Morgan fingerprint density at radius 3 is 2.55 bits per heavy atom. The van der Waals surface area contributed by atoms with Crippen LogP contribution in [0.2, 0.25) is 0 Å². The standard InChI is InChI=1S/C16H30N4O2/c1-11(2)15(17)16(22)18-9-14(21)19-12-7-8-20(10-12)13-5-3-4-6-13/h11-13,15H,3-10,17H2,1-2H3,(H,18,22)(H,19,21)/t12?,15-/m0/s1. The van der Waals surface area contributed by atoms with Gasteiger partial charge in [-0.25, -0.2) is 0 Å². The van der Waals surface area contributed by atoms with Crippen molar-refractivity contribution in [2.24, 2.45) is 11.7 Å². The summed E-state index contributed by atoms with van der Waals surface area (Å²) in [5, 5.41) is 5.63. The number of carbonyl (C=O) groups is 2. The molecule has 126 valence electrons. The Morgan fingerprint density at radius 2 is 1.91 bits per heavy atom. The molecule has 4 N–H and O–H groups in total. The Balaban J connectivity index is 1.66. The van der Waals surface area contributed by atoms with E-state index in [1.807, 2.05) is 13.8 Å². The van der Waals surface area contributed by atoms with Gasteiger partial charge in [0, 0.05) is 25.2 Å². The third kappa shape index (κ3) is 4.68. The van der Waals surface area contributed by atoms with Crippen LogP contribution < -0.4 is 16.4 Å². The lowest BCUT2D eigenvalue weighted by molar-refractivity contribution is -0.127. The Bertz CT molecular complexity index is 394. The van der Waals surface area contributed by atoms with E-state index in [0.717, 1.165) is 19.5 Å². The van der Waals surface area contributed by atoms with Crippen molar-refractivity contribution in [2.45, 2.75) is 64.1 Å². The molecule has 0 radical (unpaired) electrons. The van der Waals surface area contributed by atoms with E-state index in [2.05, 4.69) is 15.5 Å². The lowest BCUT2D eigenvalue weighted by atomic mass is 10.1. The number of hydrogen-bond donors (Lipinski definition) is 3. The van der Waals surface area contributed by atoms with E-state index in [-0.39, 0.29) is 30.3 Å². The van der Waals surface area contributed by atoms with Gasteiger partial charge in [-0.15, -0.1) is 0 Å². The van der Waals surface area contributed by atoms with Gasteiger partial charge in [0.1, 0.15) is 0 Å². The second kappa shape index (κ2) is 7.92. The first-order valence-electron chi connectivity index (χ1n) is 8.54. The second-order valence-corrected chi connectivity index (χ2v) is 6.97. The zero-order valence-electron chi connectivity index (χ0n) is 13.8. The first-order valence-corrected chi connectivity index (χ1v) is 8.54. The van der Waals surface area contributed by atoms with Gasteiger partial charge < -0.3 is 16.4 Å². The molecule has 6 nitrogen and oxygen atoms in total. The maximum atomic E-state index is 11.9. The number of nitrogens with zero attached hydrogens (tertiary/aromatic N) is 1. The fourth-order valence-electron chi connectivity index (χ4n) is 3.37. The summed E-state index contributed by atoms with van der Waals surface area (Å²) >= 11 is 0. The van der Waals surface area contributed by atoms with Crippen molar-refractivity contribution in [3.63, 3.8) is 0 Å². The molecule has 6 heteroatoms. The molecule has 0 aromatic rings. The molecule has 2 fully saturated rings. The highest BCUT2D eigenvalue weighted by molar-refractivity contribution is 5.87. The quantitative estimate of drug-likeness (QED) is 0.655. The SMILES string of the molecule is CC(C)[C@H](N)C(=O)NCC(=O)NC1CCN(C2CCCC2)C1. The minimum Gasteiger partial charge on any atom is -0.350 e. The van der Waals surface area contributed by atoms with Crippen molar-refractivity contribution in [1.29, 1.82) is 0 Å². The van der Waals surface area contributed by atoms with Gasteiger partial charge in [-0.05, 0) is 25.2 Å². The molecule has 2 atom stereocenters. The van der Waals surface area contributed by atoms with Crippen LogP contribution in [0.5, 0.6) is 0 Å². The molecule has 0 spiro atoms. The molecule has 2 amide bonds. The van der Waals surface area contributed by atoms with Gasteiger partial charge in [0.25, 0.3) is 0 Å². The van der Waals surface area contributed by atoms with Gasteiger partial charge in [-0.3, -0.25) is 14.5 Å². The molecular formula is C16H30N4O2. The van der Waals surface area contributed by atoms with E-state index in [1.54, 1.807) is 0 Å². The lowest BCUT2D eigenvalue weighted by Gasteiger charge is -2.23. The van der Waals surface area contributed by atoms with Crippen molar-refractivity contribution < 1.29 is 9.59 Å². The minimum absolute atomic E-state index is 0.0131. The molecule has 0 bridgehead atoms. The summed E-state index contributed by atoms with van der Waals surface area (Å²) in [6.07, 6.45) is 6.26. The summed E-state index contributed by atoms with van der Waals surface area (Å²) in [5.74, 6) is -0.315. The molecule has 1 aliphatic carbocycles. The third-order valence-electron chi connectivity index (χ3n) is 4.87. The first kappa shape index (κ1) is 17.2. The maximum absolute atomic E-state index is 11.9. The molecule has 22 heavy (non-hydrogen) atoms.